The summed E-state index contributed by atoms with van der Waals surface area (Å²) in [6, 6.07) is 17.6. The van der Waals surface area contributed by atoms with Gasteiger partial charge in [-0.1, -0.05) is 24.3 Å². The Morgan fingerprint density at radius 3 is 2.11 bits per heavy atom. The maximum atomic E-state index is 12.8. The third-order valence-corrected chi connectivity index (χ3v) is 4.79. The van der Waals surface area contributed by atoms with Crippen molar-refractivity contribution in [2.24, 2.45) is 0 Å². The highest BCUT2D eigenvalue weighted by Gasteiger charge is 2.13. The lowest BCUT2D eigenvalue weighted by molar-refractivity contribution is -0.116. The van der Waals surface area contributed by atoms with E-state index >= 15 is 0 Å². The minimum atomic E-state index is -0.236. The topological polar surface area (TPSA) is 73.1 Å². The molecule has 2 heterocycles. The molecule has 0 spiro atoms. The average Bonchev–Trinajstić information content (AvgIpc) is 2.72. The summed E-state index contributed by atoms with van der Waals surface area (Å²) in [6.07, 6.45) is 1.63. The van der Waals surface area contributed by atoms with Crippen LogP contribution in [0.1, 0.15) is 6.92 Å². The van der Waals surface area contributed by atoms with Gasteiger partial charge in [0.05, 0.1) is 16.7 Å². The Bertz CT molecular complexity index is 1260. The van der Waals surface area contributed by atoms with E-state index in [0.29, 0.717) is 34.0 Å². The summed E-state index contributed by atoms with van der Waals surface area (Å²) in [5.41, 5.74) is 1.82. The van der Waals surface area contributed by atoms with Crippen LogP contribution in [-0.4, -0.2) is 15.0 Å². The summed E-state index contributed by atoms with van der Waals surface area (Å²) < 4.78 is 3.37. The van der Waals surface area contributed by atoms with Crippen LogP contribution in [0.2, 0.25) is 0 Å². The van der Waals surface area contributed by atoms with Gasteiger partial charge in [0, 0.05) is 29.6 Å². The number of benzene rings is 2. The number of carbonyl (C=O) groups excluding carboxylic acids is 1. The Kier molecular flexibility index (Phi) is 4.53. The fourth-order valence-corrected chi connectivity index (χ4v) is 3.44. The number of aromatic nitrogens is 2. The van der Waals surface area contributed by atoms with E-state index in [1.165, 1.54) is 10.6 Å². The number of aryl methyl sites for hydroxylation is 1. The molecule has 0 saturated heterocycles. The zero-order valence-electron chi connectivity index (χ0n) is 15.4. The maximum Gasteiger partial charge on any atom is 0.250 e. The van der Waals surface area contributed by atoms with Crippen molar-refractivity contribution >= 4 is 33.4 Å². The van der Waals surface area contributed by atoms with Crippen molar-refractivity contribution in [2.45, 2.75) is 20.0 Å². The highest BCUT2D eigenvalue weighted by Crippen LogP contribution is 2.19. The van der Waals surface area contributed by atoms with E-state index in [1.807, 2.05) is 47.9 Å². The first-order chi connectivity index (χ1) is 13.6. The number of fused-ring (bicyclic) bond motifs is 2. The molecular weight excluding hydrogens is 354 g/mol. The van der Waals surface area contributed by atoms with Crippen LogP contribution in [0.15, 0.2) is 76.4 Å². The Hall–Kier alpha value is -3.67. The first-order valence-corrected chi connectivity index (χ1v) is 9.09. The van der Waals surface area contributed by atoms with Gasteiger partial charge in [-0.05, 0) is 37.3 Å². The van der Waals surface area contributed by atoms with Crippen LogP contribution in [0.4, 0.5) is 5.69 Å². The molecule has 0 radical (unpaired) electrons. The molecule has 4 rings (SSSR count). The number of para-hydroxylation sites is 2. The van der Waals surface area contributed by atoms with Gasteiger partial charge in [0.1, 0.15) is 6.54 Å². The number of anilines is 1. The molecule has 0 fully saturated rings. The van der Waals surface area contributed by atoms with Crippen molar-refractivity contribution < 1.29 is 4.79 Å². The van der Waals surface area contributed by atoms with E-state index in [2.05, 4.69) is 5.32 Å². The molecular formula is C22H19N3O3. The van der Waals surface area contributed by atoms with Gasteiger partial charge in [-0.3, -0.25) is 14.4 Å². The summed E-state index contributed by atoms with van der Waals surface area (Å²) in [4.78, 5) is 37.2. The summed E-state index contributed by atoms with van der Waals surface area (Å²) in [7, 11) is 0. The summed E-state index contributed by atoms with van der Waals surface area (Å²) in [6.45, 7) is 2.44. The molecule has 0 bridgehead atoms. The van der Waals surface area contributed by atoms with E-state index in [1.54, 1.807) is 24.4 Å². The van der Waals surface area contributed by atoms with Gasteiger partial charge < -0.3 is 14.5 Å². The molecule has 28 heavy (non-hydrogen) atoms. The molecule has 6 nitrogen and oxygen atoms in total. The Balaban J connectivity index is 1.76. The molecule has 2 aromatic carbocycles. The average molecular weight is 373 g/mol. The molecule has 0 aliphatic rings. The van der Waals surface area contributed by atoms with E-state index in [9.17, 15) is 14.4 Å². The van der Waals surface area contributed by atoms with Crippen LogP contribution in [0.25, 0.3) is 21.8 Å². The van der Waals surface area contributed by atoms with Gasteiger partial charge in [-0.2, -0.15) is 0 Å². The molecule has 1 amide bonds. The maximum absolute atomic E-state index is 12.8. The highest BCUT2D eigenvalue weighted by molar-refractivity contribution is 5.97. The molecule has 1 N–H and O–H groups in total. The van der Waals surface area contributed by atoms with Crippen molar-refractivity contribution in [1.82, 2.24) is 9.13 Å². The van der Waals surface area contributed by atoms with Gasteiger partial charge in [0.2, 0.25) is 5.91 Å². The predicted octanol–water partition coefficient (Wildman–Crippen LogP) is 2.98. The number of carbonyl (C=O) groups is 1. The van der Waals surface area contributed by atoms with Gasteiger partial charge in [-0.25, -0.2) is 0 Å². The van der Waals surface area contributed by atoms with Crippen LogP contribution in [0.5, 0.6) is 0 Å². The Morgan fingerprint density at radius 2 is 1.50 bits per heavy atom. The first-order valence-electron chi connectivity index (χ1n) is 9.09. The Morgan fingerprint density at radius 1 is 0.893 bits per heavy atom. The van der Waals surface area contributed by atoms with Crippen molar-refractivity contribution in [3.8, 4) is 0 Å². The first kappa shape index (κ1) is 17.7. The molecule has 4 aromatic rings. The second kappa shape index (κ2) is 7.15. The van der Waals surface area contributed by atoms with Crippen molar-refractivity contribution in [3.05, 3.63) is 87.4 Å². The van der Waals surface area contributed by atoms with E-state index in [4.69, 9.17) is 0 Å². The number of nitrogens with one attached hydrogen (secondary N) is 1. The monoisotopic (exact) mass is 373 g/mol. The molecule has 0 aliphatic carbocycles. The second-order valence-electron chi connectivity index (χ2n) is 6.54. The minimum Gasteiger partial charge on any atom is -0.331 e. The zero-order chi connectivity index (χ0) is 19.7. The second-order valence-corrected chi connectivity index (χ2v) is 6.54. The zero-order valence-corrected chi connectivity index (χ0v) is 15.4. The normalized spacial score (nSPS) is 11.0. The molecule has 0 atom stereocenters. The third kappa shape index (κ3) is 3.09. The molecule has 0 aliphatic heterocycles. The summed E-state index contributed by atoms with van der Waals surface area (Å²) in [5, 5.41) is 3.99. The number of hydrogen-bond acceptors (Lipinski definition) is 3. The lowest BCUT2D eigenvalue weighted by Crippen LogP contribution is -2.23. The summed E-state index contributed by atoms with van der Waals surface area (Å²) in [5.74, 6) is -0.236. The number of amides is 1. The van der Waals surface area contributed by atoms with Gasteiger partial charge in [0.25, 0.3) is 5.56 Å². The van der Waals surface area contributed by atoms with Gasteiger partial charge in [0.15, 0.2) is 5.43 Å². The standard InChI is InChI=1S/C22H19N3O3/c1-2-24-13-15(11-12-21(24)27)23-20(26)14-25-18-9-5-3-7-16(18)22(28)17-8-4-6-10-19(17)25/h3-13H,2,14H2,1H3,(H,23,26). The fourth-order valence-electron chi connectivity index (χ4n) is 3.44. The van der Waals surface area contributed by atoms with Crippen LogP contribution in [0, 0.1) is 0 Å². The van der Waals surface area contributed by atoms with Gasteiger partial charge in [-0.15, -0.1) is 0 Å². The third-order valence-electron chi connectivity index (χ3n) is 4.79. The van der Waals surface area contributed by atoms with Crippen LogP contribution < -0.4 is 16.3 Å². The Labute approximate surface area is 160 Å². The predicted molar refractivity (Wildman–Crippen MR) is 111 cm³/mol. The number of pyridine rings is 2. The molecule has 6 heteroatoms. The molecule has 140 valence electrons. The number of hydrogen-bond donors (Lipinski definition) is 1. The summed E-state index contributed by atoms with van der Waals surface area (Å²) >= 11 is 0. The minimum absolute atomic E-state index is 0.0436. The van der Waals surface area contributed by atoms with Gasteiger partial charge >= 0.3 is 0 Å². The SMILES string of the molecule is CCn1cc(NC(=O)Cn2c3ccccc3c(=O)c3ccccc32)ccc1=O. The lowest BCUT2D eigenvalue weighted by atomic mass is 10.1. The fraction of sp³-hybridized carbons (Fsp3) is 0.136. The smallest absolute Gasteiger partial charge is 0.250 e. The largest absolute Gasteiger partial charge is 0.331 e. The molecule has 0 saturated carbocycles. The van der Waals surface area contributed by atoms with E-state index < -0.39 is 0 Å². The molecule has 0 unspecified atom stereocenters. The van der Waals surface area contributed by atoms with Crippen molar-refractivity contribution in [1.29, 1.82) is 0 Å². The highest BCUT2D eigenvalue weighted by atomic mass is 16.2. The molecule has 2 aromatic heterocycles. The van der Waals surface area contributed by atoms with Crippen molar-refractivity contribution in [3.63, 3.8) is 0 Å². The lowest BCUT2D eigenvalue weighted by Gasteiger charge is -2.15. The van der Waals surface area contributed by atoms with Crippen molar-refractivity contribution in [2.75, 3.05) is 5.32 Å². The van der Waals surface area contributed by atoms with Crippen LogP contribution in [0.3, 0.4) is 0 Å². The van der Waals surface area contributed by atoms with E-state index in [-0.39, 0.29) is 23.4 Å². The van der Waals surface area contributed by atoms with Crippen LogP contribution >= 0.6 is 0 Å². The quantitative estimate of drug-likeness (QED) is 0.559. The van der Waals surface area contributed by atoms with Crippen LogP contribution in [-0.2, 0) is 17.9 Å². The van der Waals surface area contributed by atoms with E-state index in [0.717, 1.165) is 0 Å². The number of nitrogens with zero attached hydrogens (tertiary/aromatic N) is 2. The number of rotatable bonds is 4.